The summed E-state index contributed by atoms with van der Waals surface area (Å²) in [6.07, 6.45) is 6.27. The number of anilines is 1. The zero-order valence-corrected chi connectivity index (χ0v) is 14.4. The van der Waals surface area contributed by atoms with Gasteiger partial charge in [0.15, 0.2) is 0 Å². The summed E-state index contributed by atoms with van der Waals surface area (Å²) < 4.78 is 15.3. The minimum absolute atomic E-state index is 0.0958. The Bertz CT molecular complexity index is 948. The minimum atomic E-state index is -0.299. The first-order valence-electron chi connectivity index (χ1n) is 8.54. The van der Waals surface area contributed by atoms with Crippen molar-refractivity contribution >= 4 is 22.6 Å². The van der Waals surface area contributed by atoms with Crippen molar-refractivity contribution in [1.82, 2.24) is 24.8 Å². The van der Waals surface area contributed by atoms with Crippen LogP contribution in [-0.2, 0) is 7.05 Å². The molecular weight excluding hydrogens is 335 g/mol. The highest BCUT2D eigenvalue weighted by Crippen LogP contribution is 2.26. The summed E-state index contributed by atoms with van der Waals surface area (Å²) in [6, 6.07) is 4.63. The maximum absolute atomic E-state index is 13.6. The van der Waals surface area contributed by atoms with Crippen molar-refractivity contribution in [2.45, 2.75) is 18.9 Å². The van der Waals surface area contributed by atoms with E-state index in [1.54, 1.807) is 30.2 Å². The number of nitrogens with one attached hydrogen (secondary N) is 1. The van der Waals surface area contributed by atoms with E-state index in [9.17, 15) is 9.18 Å². The largest absolute Gasteiger partial charge is 0.356 e. The Morgan fingerprint density at radius 2 is 2.08 bits per heavy atom. The molecule has 1 saturated heterocycles. The average molecular weight is 354 g/mol. The Morgan fingerprint density at radius 3 is 2.81 bits per heavy atom. The van der Waals surface area contributed by atoms with E-state index in [-0.39, 0.29) is 17.8 Å². The molecule has 1 aliphatic rings. The number of carbonyl (C=O) groups excluding carboxylic acids is 1. The summed E-state index contributed by atoms with van der Waals surface area (Å²) in [6.45, 7) is 1.47. The number of halogens is 1. The second-order valence-electron chi connectivity index (χ2n) is 6.48. The van der Waals surface area contributed by atoms with Gasteiger partial charge in [0.05, 0.1) is 18.0 Å². The van der Waals surface area contributed by atoms with Crippen molar-refractivity contribution in [2.24, 2.45) is 7.05 Å². The summed E-state index contributed by atoms with van der Waals surface area (Å²) in [4.78, 5) is 27.0. The van der Waals surface area contributed by atoms with Crippen molar-refractivity contribution in [3.8, 4) is 0 Å². The van der Waals surface area contributed by atoms with Crippen LogP contribution >= 0.6 is 0 Å². The first kappa shape index (κ1) is 16.4. The highest BCUT2D eigenvalue weighted by Gasteiger charge is 2.24. The van der Waals surface area contributed by atoms with Crippen LogP contribution in [-0.4, -0.2) is 44.6 Å². The molecule has 8 heteroatoms. The summed E-state index contributed by atoms with van der Waals surface area (Å²) in [5, 5.41) is 3.77. The van der Waals surface area contributed by atoms with E-state index in [1.807, 2.05) is 0 Å². The van der Waals surface area contributed by atoms with Crippen LogP contribution in [0.2, 0.25) is 0 Å². The Kier molecular flexibility index (Phi) is 4.24. The molecular formula is C18H19FN6O. The van der Waals surface area contributed by atoms with E-state index in [2.05, 4.69) is 25.2 Å². The van der Waals surface area contributed by atoms with Crippen LogP contribution in [0.15, 0.2) is 37.1 Å². The zero-order chi connectivity index (χ0) is 18.1. The molecule has 1 amide bonds. The second-order valence-corrected chi connectivity index (χ2v) is 6.48. The van der Waals surface area contributed by atoms with Crippen molar-refractivity contribution in [1.29, 1.82) is 0 Å². The van der Waals surface area contributed by atoms with Gasteiger partial charge in [-0.05, 0) is 31.0 Å². The van der Waals surface area contributed by atoms with Gasteiger partial charge in [-0.3, -0.25) is 4.79 Å². The lowest BCUT2D eigenvalue weighted by atomic mass is 10.0. The van der Waals surface area contributed by atoms with Crippen molar-refractivity contribution in [3.05, 3.63) is 48.6 Å². The number of aryl methyl sites for hydroxylation is 1. The number of hydrogen-bond acceptors (Lipinski definition) is 5. The SMILES string of the molecule is Cn1cncc1C(=O)NC1CCN(c2ncnc3ccc(F)cc23)CC1. The Balaban J connectivity index is 1.45. The number of fused-ring (bicyclic) bond motifs is 1. The molecule has 26 heavy (non-hydrogen) atoms. The summed E-state index contributed by atoms with van der Waals surface area (Å²) >= 11 is 0. The van der Waals surface area contributed by atoms with E-state index in [4.69, 9.17) is 0 Å². The number of nitrogens with zero attached hydrogens (tertiary/aromatic N) is 5. The van der Waals surface area contributed by atoms with Crippen LogP contribution in [0.4, 0.5) is 10.2 Å². The number of hydrogen-bond donors (Lipinski definition) is 1. The highest BCUT2D eigenvalue weighted by molar-refractivity contribution is 5.92. The van der Waals surface area contributed by atoms with Crippen molar-refractivity contribution in [2.75, 3.05) is 18.0 Å². The normalized spacial score (nSPS) is 15.4. The smallest absolute Gasteiger partial charge is 0.269 e. The molecule has 0 radical (unpaired) electrons. The van der Waals surface area contributed by atoms with Crippen molar-refractivity contribution < 1.29 is 9.18 Å². The van der Waals surface area contributed by atoms with Gasteiger partial charge >= 0.3 is 0 Å². The molecule has 0 saturated carbocycles. The lowest BCUT2D eigenvalue weighted by Gasteiger charge is -2.33. The van der Waals surface area contributed by atoms with E-state index in [1.165, 1.54) is 18.5 Å². The molecule has 1 N–H and O–H groups in total. The fraction of sp³-hybridized carbons (Fsp3) is 0.333. The predicted molar refractivity (Wildman–Crippen MR) is 95.4 cm³/mol. The molecule has 4 rings (SSSR count). The maximum Gasteiger partial charge on any atom is 0.269 e. The fourth-order valence-corrected chi connectivity index (χ4v) is 3.34. The third-order valence-electron chi connectivity index (χ3n) is 4.76. The molecule has 7 nitrogen and oxygen atoms in total. The summed E-state index contributed by atoms with van der Waals surface area (Å²) in [7, 11) is 1.80. The molecule has 2 aromatic heterocycles. The van der Waals surface area contributed by atoms with Gasteiger partial charge in [0, 0.05) is 31.6 Å². The lowest BCUT2D eigenvalue weighted by molar-refractivity contribution is 0.0923. The molecule has 0 spiro atoms. The first-order chi connectivity index (χ1) is 12.6. The number of carbonyl (C=O) groups is 1. The number of imidazole rings is 1. The van der Waals surface area contributed by atoms with Crippen LogP contribution in [0.1, 0.15) is 23.3 Å². The lowest BCUT2D eigenvalue weighted by Crippen LogP contribution is -2.45. The molecule has 1 fully saturated rings. The maximum atomic E-state index is 13.6. The van der Waals surface area contributed by atoms with Crippen LogP contribution in [0, 0.1) is 5.82 Å². The molecule has 0 aliphatic carbocycles. The van der Waals surface area contributed by atoms with Gasteiger partial charge < -0.3 is 14.8 Å². The van der Waals surface area contributed by atoms with Gasteiger partial charge in [-0.2, -0.15) is 0 Å². The average Bonchev–Trinajstić information content (AvgIpc) is 3.08. The Labute approximate surface area is 149 Å². The topological polar surface area (TPSA) is 75.9 Å². The fourth-order valence-electron chi connectivity index (χ4n) is 3.34. The molecule has 0 bridgehead atoms. The quantitative estimate of drug-likeness (QED) is 0.777. The van der Waals surface area contributed by atoms with Crippen LogP contribution in [0.3, 0.4) is 0 Å². The second kappa shape index (κ2) is 6.70. The Morgan fingerprint density at radius 1 is 1.27 bits per heavy atom. The molecule has 1 aromatic carbocycles. The predicted octanol–water partition coefficient (Wildman–Crippen LogP) is 1.90. The molecule has 0 unspecified atom stereocenters. The standard InChI is InChI=1S/C18H19FN6O/c1-24-11-20-9-16(24)18(26)23-13-4-6-25(7-5-13)17-14-8-12(19)2-3-15(14)21-10-22-17/h2-3,8-11,13H,4-7H2,1H3,(H,23,26). The molecule has 3 heterocycles. The van der Waals surface area contributed by atoms with Gasteiger partial charge in [-0.25, -0.2) is 19.3 Å². The third-order valence-corrected chi connectivity index (χ3v) is 4.76. The Hall–Kier alpha value is -3.03. The number of aromatic nitrogens is 4. The van der Waals surface area contributed by atoms with E-state index < -0.39 is 0 Å². The highest BCUT2D eigenvalue weighted by atomic mass is 19.1. The number of amides is 1. The minimum Gasteiger partial charge on any atom is -0.356 e. The van der Waals surface area contributed by atoms with Gasteiger partial charge in [0.1, 0.15) is 23.7 Å². The zero-order valence-electron chi connectivity index (χ0n) is 14.4. The van der Waals surface area contributed by atoms with E-state index in [0.29, 0.717) is 11.1 Å². The molecule has 134 valence electrons. The molecule has 3 aromatic rings. The molecule has 0 atom stereocenters. The third kappa shape index (κ3) is 3.10. The van der Waals surface area contributed by atoms with Crippen LogP contribution < -0.4 is 10.2 Å². The number of piperidine rings is 1. The summed E-state index contributed by atoms with van der Waals surface area (Å²) in [5.41, 5.74) is 1.27. The first-order valence-corrected chi connectivity index (χ1v) is 8.54. The van der Waals surface area contributed by atoms with Crippen molar-refractivity contribution in [3.63, 3.8) is 0 Å². The number of benzene rings is 1. The van der Waals surface area contributed by atoms with Gasteiger partial charge in [0.25, 0.3) is 5.91 Å². The van der Waals surface area contributed by atoms with E-state index in [0.717, 1.165) is 37.3 Å². The molecule has 1 aliphatic heterocycles. The number of rotatable bonds is 3. The van der Waals surface area contributed by atoms with Gasteiger partial charge in [0.2, 0.25) is 0 Å². The van der Waals surface area contributed by atoms with E-state index >= 15 is 0 Å². The van der Waals surface area contributed by atoms with Crippen LogP contribution in [0.25, 0.3) is 10.9 Å². The van der Waals surface area contributed by atoms with Gasteiger partial charge in [-0.15, -0.1) is 0 Å². The monoisotopic (exact) mass is 354 g/mol. The summed E-state index contributed by atoms with van der Waals surface area (Å²) in [5.74, 6) is 0.329. The van der Waals surface area contributed by atoms with Crippen LogP contribution in [0.5, 0.6) is 0 Å². The van der Waals surface area contributed by atoms with Gasteiger partial charge in [-0.1, -0.05) is 0 Å².